The summed E-state index contributed by atoms with van der Waals surface area (Å²) in [5.41, 5.74) is 1.51. The first-order valence-electron chi connectivity index (χ1n) is 9.93. The van der Waals surface area contributed by atoms with E-state index in [-0.39, 0.29) is 17.6 Å². The van der Waals surface area contributed by atoms with Crippen molar-refractivity contribution in [3.05, 3.63) is 11.6 Å². The maximum absolute atomic E-state index is 6.19. The Hall–Kier alpha value is -1.40. The van der Waals surface area contributed by atoms with E-state index < -0.39 is 0 Å². The number of ether oxygens (including phenoxy) is 1. The average molecular weight is 380 g/mol. The Labute approximate surface area is 160 Å². The predicted octanol–water partition coefficient (Wildman–Crippen LogP) is 5.20. The van der Waals surface area contributed by atoms with Crippen molar-refractivity contribution in [1.29, 1.82) is 0 Å². The quantitative estimate of drug-likeness (QED) is 0.479. The molecule has 1 saturated heterocycles. The van der Waals surface area contributed by atoms with Crippen LogP contribution in [0, 0.1) is 5.92 Å². The van der Waals surface area contributed by atoms with Crippen molar-refractivity contribution in [2.24, 2.45) is 5.92 Å². The van der Waals surface area contributed by atoms with Gasteiger partial charge in [0.15, 0.2) is 17.0 Å². The van der Waals surface area contributed by atoms with Crippen molar-refractivity contribution in [1.82, 2.24) is 19.5 Å². The van der Waals surface area contributed by atoms with Crippen LogP contribution in [-0.2, 0) is 4.74 Å². The van der Waals surface area contributed by atoms with E-state index in [2.05, 4.69) is 41.0 Å². The molecule has 26 heavy (non-hydrogen) atoms. The third kappa shape index (κ3) is 4.29. The molecule has 6 nitrogen and oxygen atoms in total. The van der Waals surface area contributed by atoms with Crippen LogP contribution in [0.2, 0.25) is 5.28 Å². The lowest BCUT2D eigenvalue weighted by Gasteiger charge is -2.14. The van der Waals surface area contributed by atoms with E-state index in [4.69, 9.17) is 16.3 Å². The molecule has 0 bridgehead atoms. The van der Waals surface area contributed by atoms with Crippen LogP contribution in [0.25, 0.3) is 11.2 Å². The first-order valence-corrected chi connectivity index (χ1v) is 10.3. The van der Waals surface area contributed by atoms with Crippen LogP contribution in [0.1, 0.15) is 71.9 Å². The molecule has 1 aliphatic rings. The number of rotatable bonds is 9. The van der Waals surface area contributed by atoms with E-state index in [1.54, 1.807) is 6.33 Å². The number of nitrogens with one attached hydrogen (secondary N) is 1. The zero-order valence-corrected chi connectivity index (χ0v) is 16.8. The Morgan fingerprint density at radius 3 is 2.77 bits per heavy atom. The summed E-state index contributed by atoms with van der Waals surface area (Å²) in [5, 5.41) is 3.63. The van der Waals surface area contributed by atoms with Crippen molar-refractivity contribution in [2.45, 2.75) is 78.0 Å². The van der Waals surface area contributed by atoms with Gasteiger partial charge in [-0.2, -0.15) is 9.97 Å². The third-order valence-corrected chi connectivity index (χ3v) is 5.39. The molecule has 1 aliphatic heterocycles. The minimum Gasteiger partial charge on any atom is -0.368 e. The number of nitrogens with zero attached hydrogens (tertiary/aromatic N) is 4. The maximum atomic E-state index is 6.19. The lowest BCUT2D eigenvalue weighted by molar-refractivity contribution is -0.00304. The van der Waals surface area contributed by atoms with E-state index >= 15 is 0 Å². The molecule has 3 heterocycles. The molecule has 3 atom stereocenters. The lowest BCUT2D eigenvalue weighted by Crippen LogP contribution is -2.12. The van der Waals surface area contributed by atoms with Gasteiger partial charge < -0.3 is 10.1 Å². The molecule has 0 aromatic carbocycles. The van der Waals surface area contributed by atoms with Gasteiger partial charge in [-0.05, 0) is 36.8 Å². The fraction of sp³-hybridized carbons (Fsp3) is 0.737. The Morgan fingerprint density at radius 2 is 2.04 bits per heavy atom. The molecule has 2 aromatic rings. The van der Waals surface area contributed by atoms with Crippen molar-refractivity contribution < 1.29 is 4.74 Å². The molecule has 0 aliphatic carbocycles. The monoisotopic (exact) mass is 379 g/mol. The van der Waals surface area contributed by atoms with Crippen molar-refractivity contribution in [3.63, 3.8) is 0 Å². The van der Waals surface area contributed by atoms with Gasteiger partial charge in [0.1, 0.15) is 6.23 Å². The highest BCUT2D eigenvalue weighted by molar-refractivity contribution is 6.28. The predicted molar refractivity (Wildman–Crippen MR) is 106 cm³/mol. The van der Waals surface area contributed by atoms with Gasteiger partial charge in [-0.1, -0.05) is 46.5 Å². The maximum Gasteiger partial charge on any atom is 0.226 e. The van der Waals surface area contributed by atoms with Crippen LogP contribution >= 0.6 is 11.6 Å². The van der Waals surface area contributed by atoms with E-state index in [1.165, 1.54) is 25.7 Å². The number of unbranched alkanes of at least 4 members (excludes halogenated alkanes) is 4. The topological polar surface area (TPSA) is 64.9 Å². The summed E-state index contributed by atoms with van der Waals surface area (Å²) < 4.78 is 8.19. The highest BCUT2D eigenvalue weighted by Gasteiger charge is 2.33. The fourth-order valence-corrected chi connectivity index (χ4v) is 3.86. The van der Waals surface area contributed by atoms with Crippen LogP contribution in [-0.4, -0.2) is 32.2 Å². The van der Waals surface area contributed by atoms with Gasteiger partial charge in [0.25, 0.3) is 0 Å². The molecule has 0 radical (unpaired) electrons. The number of hydrogen-bond donors (Lipinski definition) is 1. The number of halogens is 1. The van der Waals surface area contributed by atoms with Gasteiger partial charge in [-0.15, -0.1) is 0 Å². The third-order valence-electron chi connectivity index (χ3n) is 5.22. The van der Waals surface area contributed by atoms with E-state index in [1.807, 2.05) is 4.57 Å². The summed E-state index contributed by atoms with van der Waals surface area (Å²) in [7, 11) is 0. The second-order valence-corrected chi connectivity index (χ2v) is 7.59. The van der Waals surface area contributed by atoms with Gasteiger partial charge in [-0.25, -0.2) is 4.98 Å². The Balaban J connectivity index is 1.72. The molecule has 1 fully saturated rings. The molecule has 1 N–H and O–H groups in total. The molecule has 7 heteroatoms. The van der Waals surface area contributed by atoms with Crippen molar-refractivity contribution in [3.8, 4) is 0 Å². The molecule has 0 spiro atoms. The summed E-state index contributed by atoms with van der Waals surface area (Å²) in [5.74, 6) is 1.24. The van der Waals surface area contributed by atoms with E-state index in [9.17, 15) is 0 Å². The molecule has 0 saturated carbocycles. The molecule has 3 unspecified atom stereocenters. The van der Waals surface area contributed by atoms with Gasteiger partial charge in [0.2, 0.25) is 5.28 Å². The summed E-state index contributed by atoms with van der Waals surface area (Å²) >= 11 is 6.18. The summed E-state index contributed by atoms with van der Waals surface area (Å²) in [6.07, 6.45) is 10.2. The zero-order chi connectivity index (χ0) is 18.5. The van der Waals surface area contributed by atoms with Crippen molar-refractivity contribution >= 4 is 28.6 Å². The Morgan fingerprint density at radius 1 is 1.23 bits per heavy atom. The number of fused-ring (bicyclic) bond motifs is 1. The second kappa shape index (κ2) is 9.00. The summed E-state index contributed by atoms with van der Waals surface area (Å²) in [6.45, 7) is 7.50. The number of aromatic nitrogens is 4. The highest BCUT2D eigenvalue weighted by Crippen LogP contribution is 2.36. The lowest BCUT2D eigenvalue weighted by atomic mass is 10.0. The minimum atomic E-state index is -0.0344. The van der Waals surface area contributed by atoms with Crippen LogP contribution < -0.4 is 5.32 Å². The highest BCUT2D eigenvalue weighted by atomic mass is 35.5. The average Bonchev–Trinajstić information content (AvgIpc) is 3.20. The van der Waals surface area contributed by atoms with Gasteiger partial charge >= 0.3 is 0 Å². The van der Waals surface area contributed by atoms with Crippen LogP contribution in [0.4, 0.5) is 5.82 Å². The molecule has 0 amide bonds. The summed E-state index contributed by atoms with van der Waals surface area (Å²) in [6, 6.07) is 0. The standard InChI is InChI=1S/C19H30ClN5O/c1-4-6-7-8-9-10-21-17-16-18(24-19(20)23-17)25(12-22-16)15-11-13(3)14(5-2)26-15/h12-15H,4-11H2,1-3H3,(H,21,23,24). The first kappa shape index (κ1) is 19.4. The fourth-order valence-electron chi connectivity index (χ4n) is 3.70. The Bertz CT molecular complexity index is 719. The molecule has 144 valence electrons. The molecular weight excluding hydrogens is 350 g/mol. The summed E-state index contributed by atoms with van der Waals surface area (Å²) in [4.78, 5) is 13.3. The zero-order valence-electron chi connectivity index (χ0n) is 16.0. The normalized spacial score (nSPS) is 23.0. The van der Waals surface area contributed by atoms with Crippen LogP contribution in [0.3, 0.4) is 0 Å². The molecule has 3 rings (SSSR count). The number of anilines is 1. The Kier molecular flexibility index (Phi) is 6.70. The number of imidazole rings is 1. The van der Waals surface area contributed by atoms with Gasteiger partial charge in [0.05, 0.1) is 12.4 Å². The molecular formula is C19H30ClN5O. The minimum absolute atomic E-state index is 0.0344. The van der Waals surface area contributed by atoms with Gasteiger partial charge in [-0.3, -0.25) is 4.57 Å². The van der Waals surface area contributed by atoms with Crippen molar-refractivity contribution in [2.75, 3.05) is 11.9 Å². The van der Waals surface area contributed by atoms with Crippen LogP contribution in [0.15, 0.2) is 6.33 Å². The molecule has 2 aromatic heterocycles. The largest absolute Gasteiger partial charge is 0.368 e. The smallest absolute Gasteiger partial charge is 0.226 e. The second-order valence-electron chi connectivity index (χ2n) is 7.26. The van der Waals surface area contributed by atoms with E-state index in [0.29, 0.717) is 11.7 Å². The van der Waals surface area contributed by atoms with E-state index in [0.717, 1.165) is 37.0 Å². The number of hydrogen-bond acceptors (Lipinski definition) is 5. The SMILES string of the molecule is CCCCCCCNc1nc(Cl)nc2c1ncn2C1CC(C)C(CC)O1. The van der Waals surface area contributed by atoms with Crippen LogP contribution in [0.5, 0.6) is 0 Å². The van der Waals surface area contributed by atoms with Gasteiger partial charge in [0, 0.05) is 6.54 Å². The first-order chi connectivity index (χ1) is 12.6.